The molecule has 18 heavy (non-hydrogen) atoms. The molecule has 4 nitrogen and oxygen atoms in total. The standard InChI is InChI=1S/C12H20N2O2S2/c1-4-13-11-7-5-6-8-12(11)18(15,16)14-10(2)9-17-3/h5-8,10,13-14H,4,9H2,1-3H3. The van der Waals surface area contributed by atoms with Crippen molar-refractivity contribution in [2.45, 2.75) is 24.8 Å². The molecule has 0 saturated carbocycles. The Bertz CT molecular complexity index is 475. The molecular formula is C12H20N2O2S2. The summed E-state index contributed by atoms with van der Waals surface area (Å²) in [6, 6.07) is 6.86. The van der Waals surface area contributed by atoms with E-state index in [0.29, 0.717) is 17.1 Å². The fourth-order valence-electron chi connectivity index (χ4n) is 1.65. The molecule has 0 aliphatic heterocycles. The fraction of sp³-hybridized carbons (Fsp3) is 0.500. The van der Waals surface area contributed by atoms with Gasteiger partial charge < -0.3 is 5.32 Å². The minimum Gasteiger partial charge on any atom is -0.384 e. The van der Waals surface area contributed by atoms with Gasteiger partial charge in [-0.1, -0.05) is 12.1 Å². The topological polar surface area (TPSA) is 58.2 Å². The second-order valence-electron chi connectivity index (χ2n) is 4.00. The fourth-order valence-corrected chi connectivity index (χ4v) is 3.77. The number of benzene rings is 1. The maximum absolute atomic E-state index is 12.3. The number of para-hydroxylation sites is 1. The van der Waals surface area contributed by atoms with Crippen molar-refractivity contribution in [2.24, 2.45) is 0 Å². The van der Waals surface area contributed by atoms with Crippen LogP contribution in [-0.4, -0.2) is 33.0 Å². The maximum Gasteiger partial charge on any atom is 0.242 e. The molecule has 102 valence electrons. The van der Waals surface area contributed by atoms with Crippen LogP contribution >= 0.6 is 11.8 Å². The Hall–Kier alpha value is -0.720. The third kappa shape index (κ3) is 4.19. The molecule has 0 aliphatic carbocycles. The highest BCUT2D eigenvalue weighted by atomic mass is 32.2. The molecule has 0 fully saturated rings. The van der Waals surface area contributed by atoms with Gasteiger partial charge in [0.1, 0.15) is 4.90 Å². The first kappa shape index (κ1) is 15.3. The van der Waals surface area contributed by atoms with Crippen molar-refractivity contribution in [1.29, 1.82) is 0 Å². The number of hydrogen-bond donors (Lipinski definition) is 2. The van der Waals surface area contributed by atoms with Crippen LogP contribution in [0.3, 0.4) is 0 Å². The molecule has 0 bridgehead atoms. The zero-order valence-corrected chi connectivity index (χ0v) is 12.6. The minimum atomic E-state index is -3.46. The summed E-state index contributed by atoms with van der Waals surface area (Å²) in [4.78, 5) is 0.305. The van der Waals surface area contributed by atoms with E-state index in [4.69, 9.17) is 0 Å². The molecule has 1 aromatic rings. The van der Waals surface area contributed by atoms with Gasteiger partial charge in [0.25, 0.3) is 0 Å². The number of sulfonamides is 1. The summed E-state index contributed by atoms with van der Waals surface area (Å²) in [6.45, 7) is 4.49. The molecule has 2 N–H and O–H groups in total. The van der Waals surface area contributed by atoms with Crippen LogP contribution in [0, 0.1) is 0 Å². The molecule has 0 radical (unpaired) electrons. The van der Waals surface area contributed by atoms with Crippen LogP contribution in [0.2, 0.25) is 0 Å². The Balaban J connectivity index is 2.97. The maximum atomic E-state index is 12.3. The van der Waals surface area contributed by atoms with Gasteiger partial charge in [-0.25, -0.2) is 13.1 Å². The lowest BCUT2D eigenvalue weighted by Gasteiger charge is -2.15. The second kappa shape index (κ2) is 7.01. The lowest BCUT2D eigenvalue weighted by atomic mass is 10.3. The molecule has 0 heterocycles. The monoisotopic (exact) mass is 288 g/mol. The summed E-state index contributed by atoms with van der Waals surface area (Å²) in [5.41, 5.74) is 0.642. The smallest absolute Gasteiger partial charge is 0.242 e. The van der Waals surface area contributed by atoms with E-state index < -0.39 is 10.0 Å². The zero-order chi connectivity index (χ0) is 13.6. The molecule has 1 aromatic carbocycles. The first-order valence-corrected chi connectivity index (χ1v) is 8.73. The Morgan fingerprint density at radius 1 is 1.33 bits per heavy atom. The minimum absolute atomic E-state index is 0.0836. The van der Waals surface area contributed by atoms with Gasteiger partial charge in [-0.3, -0.25) is 0 Å². The van der Waals surface area contributed by atoms with Gasteiger partial charge in [-0.2, -0.15) is 11.8 Å². The van der Waals surface area contributed by atoms with Crippen molar-refractivity contribution < 1.29 is 8.42 Å². The highest BCUT2D eigenvalue weighted by Crippen LogP contribution is 2.20. The van der Waals surface area contributed by atoms with E-state index in [9.17, 15) is 8.42 Å². The molecule has 0 aromatic heterocycles. The predicted molar refractivity (Wildman–Crippen MR) is 78.8 cm³/mol. The predicted octanol–water partition coefficient (Wildman–Crippen LogP) is 2.15. The van der Waals surface area contributed by atoms with Crippen LogP contribution in [0.4, 0.5) is 5.69 Å². The lowest BCUT2D eigenvalue weighted by molar-refractivity contribution is 0.571. The number of hydrogen-bond acceptors (Lipinski definition) is 4. The van der Waals surface area contributed by atoms with Gasteiger partial charge in [0, 0.05) is 18.3 Å². The molecular weight excluding hydrogens is 268 g/mol. The van der Waals surface area contributed by atoms with Crippen LogP contribution in [0.1, 0.15) is 13.8 Å². The Morgan fingerprint density at radius 2 is 2.00 bits per heavy atom. The quantitative estimate of drug-likeness (QED) is 0.807. The van der Waals surface area contributed by atoms with Crippen LogP contribution in [0.15, 0.2) is 29.2 Å². The molecule has 0 saturated heterocycles. The third-order valence-corrected chi connectivity index (χ3v) is 4.80. The molecule has 6 heteroatoms. The lowest BCUT2D eigenvalue weighted by Crippen LogP contribution is -2.34. The van der Waals surface area contributed by atoms with Crippen molar-refractivity contribution in [3.63, 3.8) is 0 Å². The Kier molecular flexibility index (Phi) is 5.98. The highest BCUT2D eigenvalue weighted by Gasteiger charge is 2.20. The first-order chi connectivity index (χ1) is 8.51. The van der Waals surface area contributed by atoms with Crippen molar-refractivity contribution in [3.8, 4) is 0 Å². The van der Waals surface area contributed by atoms with Gasteiger partial charge in [-0.15, -0.1) is 0 Å². The summed E-state index contributed by atoms with van der Waals surface area (Å²) >= 11 is 1.62. The summed E-state index contributed by atoms with van der Waals surface area (Å²) in [7, 11) is -3.46. The molecule has 1 rings (SSSR count). The third-order valence-electron chi connectivity index (χ3n) is 2.32. The van der Waals surface area contributed by atoms with E-state index in [-0.39, 0.29) is 6.04 Å². The largest absolute Gasteiger partial charge is 0.384 e. The number of anilines is 1. The van der Waals surface area contributed by atoms with E-state index in [1.54, 1.807) is 30.0 Å². The summed E-state index contributed by atoms with van der Waals surface area (Å²) in [6.07, 6.45) is 1.96. The SMILES string of the molecule is CCNc1ccccc1S(=O)(=O)NC(C)CSC. The Labute approximate surface area is 114 Å². The Morgan fingerprint density at radius 3 is 2.61 bits per heavy atom. The van der Waals surface area contributed by atoms with E-state index in [0.717, 1.165) is 5.75 Å². The number of thioether (sulfide) groups is 1. The van der Waals surface area contributed by atoms with E-state index in [1.807, 2.05) is 26.2 Å². The van der Waals surface area contributed by atoms with Crippen LogP contribution < -0.4 is 10.0 Å². The van der Waals surface area contributed by atoms with Crippen LogP contribution in [0.25, 0.3) is 0 Å². The van der Waals surface area contributed by atoms with Crippen LogP contribution in [-0.2, 0) is 10.0 Å². The molecule has 0 amide bonds. The van der Waals surface area contributed by atoms with E-state index >= 15 is 0 Å². The average Bonchev–Trinajstić information content (AvgIpc) is 2.29. The zero-order valence-electron chi connectivity index (χ0n) is 10.9. The van der Waals surface area contributed by atoms with Crippen molar-refractivity contribution in [1.82, 2.24) is 4.72 Å². The van der Waals surface area contributed by atoms with E-state index in [1.165, 1.54) is 0 Å². The second-order valence-corrected chi connectivity index (χ2v) is 6.60. The van der Waals surface area contributed by atoms with Crippen molar-refractivity contribution >= 4 is 27.5 Å². The molecule has 1 atom stereocenters. The highest BCUT2D eigenvalue weighted by molar-refractivity contribution is 7.98. The molecule has 0 aliphatic rings. The van der Waals surface area contributed by atoms with Crippen molar-refractivity contribution in [3.05, 3.63) is 24.3 Å². The normalized spacial score (nSPS) is 13.3. The van der Waals surface area contributed by atoms with Gasteiger partial charge in [0.15, 0.2) is 0 Å². The average molecular weight is 288 g/mol. The first-order valence-electron chi connectivity index (χ1n) is 5.85. The summed E-state index contributed by atoms with van der Waals surface area (Å²) in [5, 5.41) is 3.06. The number of rotatable bonds is 7. The van der Waals surface area contributed by atoms with Gasteiger partial charge in [-0.05, 0) is 32.2 Å². The van der Waals surface area contributed by atoms with Crippen LogP contribution in [0.5, 0.6) is 0 Å². The molecule has 0 spiro atoms. The van der Waals surface area contributed by atoms with Gasteiger partial charge in [0.05, 0.1) is 5.69 Å². The van der Waals surface area contributed by atoms with Crippen molar-refractivity contribution in [2.75, 3.05) is 23.9 Å². The van der Waals surface area contributed by atoms with Gasteiger partial charge >= 0.3 is 0 Å². The van der Waals surface area contributed by atoms with E-state index in [2.05, 4.69) is 10.0 Å². The summed E-state index contributed by atoms with van der Waals surface area (Å²) in [5.74, 6) is 0.753. The van der Waals surface area contributed by atoms with Gasteiger partial charge in [0.2, 0.25) is 10.0 Å². The summed E-state index contributed by atoms with van der Waals surface area (Å²) < 4.78 is 27.2. The number of nitrogens with one attached hydrogen (secondary N) is 2. The molecule has 1 unspecified atom stereocenters.